The zero-order chi connectivity index (χ0) is 15.0. The molecule has 0 amide bonds. The smallest absolute Gasteiger partial charge is 0.280 e. The zero-order valence-electron chi connectivity index (χ0n) is 12.0. The fourth-order valence-electron chi connectivity index (χ4n) is 2.33. The molecular weight excluding hydrogens is 284 g/mol. The van der Waals surface area contributed by atoms with Crippen molar-refractivity contribution >= 4 is 0 Å². The summed E-state index contributed by atoms with van der Waals surface area (Å²) in [5.41, 5.74) is 1.33. The molecule has 3 aromatic heterocycles. The highest BCUT2D eigenvalue weighted by atomic mass is 16.5. The van der Waals surface area contributed by atoms with E-state index in [0.717, 1.165) is 19.8 Å². The van der Waals surface area contributed by atoms with Gasteiger partial charge in [-0.1, -0.05) is 23.4 Å². The number of pyridine rings is 1. The fraction of sp³-hybridized carbons (Fsp3) is 0.357. The van der Waals surface area contributed by atoms with Crippen LogP contribution in [-0.2, 0) is 11.3 Å². The van der Waals surface area contributed by atoms with Gasteiger partial charge in [0.1, 0.15) is 5.69 Å². The lowest BCUT2D eigenvalue weighted by Gasteiger charge is -2.37. The van der Waals surface area contributed by atoms with E-state index in [1.54, 1.807) is 17.1 Å². The van der Waals surface area contributed by atoms with Crippen molar-refractivity contribution in [2.75, 3.05) is 13.2 Å². The Kier molecular flexibility index (Phi) is 2.97. The van der Waals surface area contributed by atoms with E-state index in [4.69, 9.17) is 9.26 Å². The number of hydrogen-bond acceptors (Lipinski definition) is 7. The summed E-state index contributed by atoms with van der Waals surface area (Å²) in [6, 6.07) is 5.53. The largest absolute Gasteiger partial charge is 0.380 e. The van der Waals surface area contributed by atoms with Crippen LogP contribution in [0.15, 0.2) is 35.1 Å². The Morgan fingerprint density at radius 1 is 1.27 bits per heavy atom. The topological polar surface area (TPSA) is 91.8 Å². The Morgan fingerprint density at radius 3 is 2.91 bits per heavy atom. The molecule has 8 nitrogen and oxygen atoms in total. The van der Waals surface area contributed by atoms with Crippen LogP contribution in [0.2, 0.25) is 0 Å². The standard InChI is InChI=1S/C14H14N6O2/c1-14(8-21-9-14)7-20-6-11(17-19-20)13-16-12(18-22-13)10-4-2-3-5-15-10/h2-6H,7-9H2,1H3. The van der Waals surface area contributed by atoms with Crippen LogP contribution in [0.4, 0.5) is 0 Å². The monoisotopic (exact) mass is 298 g/mol. The number of ether oxygens (including phenoxy) is 1. The molecule has 112 valence electrons. The van der Waals surface area contributed by atoms with E-state index in [0.29, 0.717) is 23.1 Å². The zero-order valence-corrected chi connectivity index (χ0v) is 12.0. The molecule has 0 radical (unpaired) electrons. The first kappa shape index (κ1) is 13.1. The predicted octanol–water partition coefficient (Wildman–Crippen LogP) is 1.43. The Bertz CT molecular complexity index is 777. The minimum absolute atomic E-state index is 0.124. The third kappa shape index (κ3) is 2.37. The van der Waals surface area contributed by atoms with Gasteiger partial charge in [-0.15, -0.1) is 5.10 Å². The SMILES string of the molecule is CC1(Cn2cc(-c3nc(-c4ccccn4)no3)nn2)COC1. The quantitative estimate of drug-likeness (QED) is 0.719. The van der Waals surface area contributed by atoms with Crippen molar-refractivity contribution in [1.29, 1.82) is 0 Å². The van der Waals surface area contributed by atoms with Crippen molar-refractivity contribution in [3.63, 3.8) is 0 Å². The number of aromatic nitrogens is 6. The summed E-state index contributed by atoms with van der Waals surface area (Å²) in [7, 11) is 0. The second kappa shape index (κ2) is 4.99. The van der Waals surface area contributed by atoms with Gasteiger partial charge in [-0.3, -0.25) is 9.67 Å². The highest BCUT2D eigenvalue weighted by Gasteiger charge is 2.34. The lowest BCUT2D eigenvalue weighted by atomic mass is 9.89. The highest BCUT2D eigenvalue weighted by molar-refractivity contribution is 5.52. The van der Waals surface area contributed by atoms with Crippen LogP contribution in [0, 0.1) is 5.41 Å². The van der Waals surface area contributed by atoms with Gasteiger partial charge in [0.2, 0.25) is 5.82 Å². The molecule has 0 aliphatic carbocycles. The van der Waals surface area contributed by atoms with E-state index >= 15 is 0 Å². The van der Waals surface area contributed by atoms with Gasteiger partial charge in [0.05, 0.1) is 26.0 Å². The molecule has 0 saturated carbocycles. The summed E-state index contributed by atoms with van der Waals surface area (Å²) < 4.78 is 12.3. The molecule has 1 saturated heterocycles. The maximum atomic E-state index is 5.25. The van der Waals surface area contributed by atoms with Gasteiger partial charge in [0.25, 0.3) is 5.89 Å². The molecule has 0 bridgehead atoms. The van der Waals surface area contributed by atoms with Gasteiger partial charge in [0, 0.05) is 11.6 Å². The fourth-order valence-corrected chi connectivity index (χ4v) is 2.33. The van der Waals surface area contributed by atoms with Crippen LogP contribution < -0.4 is 0 Å². The number of hydrogen-bond donors (Lipinski definition) is 0. The van der Waals surface area contributed by atoms with E-state index in [-0.39, 0.29) is 5.41 Å². The minimum atomic E-state index is 0.124. The van der Waals surface area contributed by atoms with E-state index in [1.165, 1.54) is 0 Å². The predicted molar refractivity (Wildman–Crippen MR) is 75.5 cm³/mol. The maximum absolute atomic E-state index is 5.25. The average Bonchev–Trinajstić information content (AvgIpc) is 3.15. The van der Waals surface area contributed by atoms with Crippen LogP contribution in [0.25, 0.3) is 23.1 Å². The van der Waals surface area contributed by atoms with Gasteiger partial charge < -0.3 is 9.26 Å². The second-order valence-corrected chi connectivity index (χ2v) is 5.74. The number of nitrogens with zero attached hydrogens (tertiary/aromatic N) is 6. The molecule has 0 N–H and O–H groups in total. The molecule has 1 aliphatic heterocycles. The first-order valence-corrected chi connectivity index (χ1v) is 6.95. The first-order chi connectivity index (χ1) is 10.7. The van der Waals surface area contributed by atoms with Gasteiger partial charge in [0.15, 0.2) is 5.69 Å². The van der Waals surface area contributed by atoms with E-state index < -0.39 is 0 Å². The molecule has 4 heterocycles. The second-order valence-electron chi connectivity index (χ2n) is 5.74. The van der Waals surface area contributed by atoms with Crippen molar-refractivity contribution in [2.45, 2.75) is 13.5 Å². The van der Waals surface area contributed by atoms with Crippen molar-refractivity contribution < 1.29 is 9.26 Å². The summed E-state index contributed by atoms with van der Waals surface area (Å²) in [4.78, 5) is 8.50. The number of rotatable bonds is 4. The molecule has 8 heteroatoms. The van der Waals surface area contributed by atoms with Gasteiger partial charge in [-0.25, -0.2) is 0 Å². The lowest BCUT2D eigenvalue weighted by Crippen LogP contribution is -2.43. The van der Waals surface area contributed by atoms with Gasteiger partial charge >= 0.3 is 0 Å². The summed E-state index contributed by atoms with van der Waals surface area (Å²) in [5, 5.41) is 12.1. The van der Waals surface area contributed by atoms with E-state index in [1.807, 2.05) is 18.2 Å². The molecule has 1 fully saturated rings. The molecule has 0 atom stereocenters. The van der Waals surface area contributed by atoms with Crippen molar-refractivity contribution in [3.8, 4) is 23.1 Å². The summed E-state index contributed by atoms with van der Waals surface area (Å²) >= 11 is 0. The van der Waals surface area contributed by atoms with Crippen molar-refractivity contribution in [3.05, 3.63) is 30.6 Å². The van der Waals surface area contributed by atoms with Crippen LogP contribution in [0.3, 0.4) is 0 Å². The molecule has 1 aliphatic rings. The maximum Gasteiger partial charge on any atom is 0.280 e. The summed E-state index contributed by atoms with van der Waals surface area (Å²) in [6.07, 6.45) is 3.49. The first-order valence-electron chi connectivity index (χ1n) is 6.95. The van der Waals surface area contributed by atoms with Gasteiger partial charge in [-0.2, -0.15) is 4.98 Å². The molecule has 22 heavy (non-hydrogen) atoms. The van der Waals surface area contributed by atoms with Crippen LogP contribution in [0.1, 0.15) is 6.92 Å². The van der Waals surface area contributed by atoms with Crippen LogP contribution >= 0.6 is 0 Å². The summed E-state index contributed by atoms with van der Waals surface area (Å²) in [6.45, 7) is 4.39. The van der Waals surface area contributed by atoms with Crippen molar-refractivity contribution in [1.82, 2.24) is 30.1 Å². The Labute approximate surface area is 126 Å². The minimum Gasteiger partial charge on any atom is -0.380 e. The van der Waals surface area contributed by atoms with Crippen LogP contribution in [0.5, 0.6) is 0 Å². The summed E-state index contributed by atoms with van der Waals surface area (Å²) in [5.74, 6) is 0.770. The highest BCUT2D eigenvalue weighted by Crippen LogP contribution is 2.28. The Hall–Kier alpha value is -2.61. The van der Waals surface area contributed by atoms with Gasteiger partial charge in [-0.05, 0) is 12.1 Å². The van der Waals surface area contributed by atoms with E-state index in [2.05, 4.69) is 32.4 Å². The Balaban J connectivity index is 1.55. The molecule has 0 aromatic carbocycles. The van der Waals surface area contributed by atoms with Crippen LogP contribution in [-0.4, -0.2) is 43.3 Å². The van der Waals surface area contributed by atoms with Crippen molar-refractivity contribution in [2.24, 2.45) is 5.41 Å². The molecule has 3 aromatic rings. The Morgan fingerprint density at radius 2 is 2.18 bits per heavy atom. The lowest BCUT2D eigenvalue weighted by molar-refractivity contribution is -0.111. The molecule has 0 spiro atoms. The molecule has 0 unspecified atom stereocenters. The van der Waals surface area contributed by atoms with E-state index in [9.17, 15) is 0 Å². The molecule has 4 rings (SSSR count). The average molecular weight is 298 g/mol. The third-order valence-electron chi connectivity index (χ3n) is 3.52. The third-order valence-corrected chi connectivity index (χ3v) is 3.52. The normalized spacial score (nSPS) is 16.4. The molecular formula is C14H14N6O2.